The summed E-state index contributed by atoms with van der Waals surface area (Å²) in [4.78, 5) is 24.4. The van der Waals surface area contributed by atoms with Crippen molar-refractivity contribution in [2.24, 2.45) is 4.99 Å². The highest BCUT2D eigenvalue weighted by molar-refractivity contribution is 7.11. The van der Waals surface area contributed by atoms with Gasteiger partial charge in [-0.15, -0.1) is 11.3 Å². The van der Waals surface area contributed by atoms with E-state index in [2.05, 4.69) is 46.6 Å². The minimum atomic E-state index is 0.225. The molecule has 1 amide bonds. The maximum Gasteiger partial charge on any atom is 0.226 e. The van der Waals surface area contributed by atoms with E-state index in [9.17, 15) is 4.79 Å². The molecule has 1 aromatic carbocycles. The van der Waals surface area contributed by atoms with Crippen molar-refractivity contribution in [2.45, 2.75) is 53.1 Å². The lowest BCUT2D eigenvalue weighted by molar-refractivity contribution is -0.119. The van der Waals surface area contributed by atoms with Gasteiger partial charge in [0, 0.05) is 30.1 Å². The monoisotopic (exact) mass is 399 g/mol. The number of carbonyl (C=O) groups excluding carboxylic acids is 1. The summed E-state index contributed by atoms with van der Waals surface area (Å²) in [6.07, 6.45) is 2.73. The van der Waals surface area contributed by atoms with E-state index < -0.39 is 0 Å². The molecule has 1 aliphatic rings. The fraction of sp³-hybridized carbons (Fsp3) is 0.476. The number of hydrogen-bond acceptors (Lipinski definition) is 4. The van der Waals surface area contributed by atoms with Gasteiger partial charge in [0.15, 0.2) is 5.96 Å². The average molecular weight is 400 g/mol. The summed E-state index contributed by atoms with van der Waals surface area (Å²) in [6, 6.07) is 8.15. The van der Waals surface area contributed by atoms with E-state index in [0.717, 1.165) is 53.8 Å². The molecule has 0 unspecified atom stereocenters. The zero-order valence-corrected chi connectivity index (χ0v) is 17.7. The van der Waals surface area contributed by atoms with E-state index >= 15 is 0 Å². The molecule has 1 fully saturated rings. The van der Waals surface area contributed by atoms with Crippen LogP contribution < -0.4 is 15.5 Å². The third kappa shape index (κ3) is 5.32. The molecule has 150 valence electrons. The Kier molecular flexibility index (Phi) is 7.03. The van der Waals surface area contributed by atoms with E-state index in [1.165, 1.54) is 4.88 Å². The smallest absolute Gasteiger partial charge is 0.226 e. The highest BCUT2D eigenvalue weighted by atomic mass is 32.1. The van der Waals surface area contributed by atoms with Crippen LogP contribution in [0.15, 0.2) is 29.3 Å². The molecule has 0 atom stereocenters. The average Bonchev–Trinajstić information content (AvgIpc) is 3.02. The van der Waals surface area contributed by atoms with Crippen LogP contribution in [0.1, 0.15) is 47.3 Å². The van der Waals surface area contributed by atoms with Crippen molar-refractivity contribution in [1.29, 1.82) is 0 Å². The van der Waals surface area contributed by atoms with E-state index in [0.29, 0.717) is 19.5 Å². The molecule has 0 bridgehead atoms. The number of aryl methyl sites for hydroxylation is 2. The number of nitrogens with one attached hydrogen (secondary N) is 2. The fourth-order valence-corrected chi connectivity index (χ4v) is 4.02. The van der Waals surface area contributed by atoms with Crippen LogP contribution in [0.5, 0.6) is 0 Å². The normalized spacial score (nSPS) is 15.0. The van der Waals surface area contributed by atoms with Crippen molar-refractivity contribution < 1.29 is 4.79 Å². The Bertz CT molecular complexity index is 808. The minimum absolute atomic E-state index is 0.225. The molecule has 1 aromatic heterocycles. The van der Waals surface area contributed by atoms with E-state index in [-0.39, 0.29) is 5.91 Å². The molecule has 0 spiro atoms. The lowest BCUT2D eigenvalue weighted by atomic mass is 10.1. The third-order valence-corrected chi connectivity index (χ3v) is 5.89. The van der Waals surface area contributed by atoms with Crippen molar-refractivity contribution >= 4 is 28.9 Å². The van der Waals surface area contributed by atoms with Crippen LogP contribution in [0.3, 0.4) is 0 Å². The first-order chi connectivity index (χ1) is 13.6. The number of piperidine rings is 1. The number of guanidine groups is 1. The summed E-state index contributed by atoms with van der Waals surface area (Å²) in [6.45, 7) is 9.06. The first-order valence-electron chi connectivity index (χ1n) is 9.91. The Morgan fingerprint density at radius 3 is 2.64 bits per heavy atom. The Morgan fingerprint density at radius 2 is 2.00 bits per heavy atom. The van der Waals surface area contributed by atoms with Crippen LogP contribution >= 0.6 is 11.3 Å². The van der Waals surface area contributed by atoms with Gasteiger partial charge in [-0.3, -0.25) is 4.79 Å². The SMILES string of the molecule is CCNC(=NCc1ccc(N2CCCCC2=O)cc1)NCc1nc(C)c(C)s1. The Morgan fingerprint density at radius 1 is 1.21 bits per heavy atom. The Hall–Kier alpha value is -2.41. The molecule has 1 aliphatic heterocycles. The largest absolute Gasteiger partial charge is 0.357 e. The molecule has 2 N–H and O–H groups in total. The number of aliphatic imine (C=N–C) groups is 1. The second kappa shape index (κ2) is 9.68. The number of benzene rings is 1. The summed E-state index contributed by atoms with van der Waals surface area (Å²) in [5.41, 5.74) is 3.19. The quantitative estimate of drug-likeness (QED) is 0.576. The van der Waals surface area contributed by atoms with Crippen molar-refractivity contribution in [2.75, 3.05) is 18.0 Å². The number of carbonyl (C=O) groups is 1. The highest BCUT2D eigenvalue weighted by Gasteiger charge is 2.19. The summed E-state index contributed by atoms with van der Waals surface area (Å²) >= 11 is 1.72. The van der Waals surface area contributed by atoms with Gasteiger partial charge in [-0.25, -0.2) is 9.98 Å². The molecule has 2 heterocycles. The molecule has 2 aromatic rings. The second-order valence-electron chi connectivity index (χ2n) is 6.97. The second-order valence-corrected chi connectivity index (χ2v) is 8.25. The van der Waals surface area contributed by atoms with E-state index in [4.69, 9.17) is 0 Å². The zero-order valence-electron chi connectivity index (χ0n) is 16.9. The number of amides is 1. The number of anilines is 1. The van der Waals surface area contributed by atoms with Gasteiger partial charge in [-0.2, -0.15) is 0 Å². The number of rotatable bonds is 6. The highest BCUT2D eigenvalue weighted by Crippen LogP contribution is 2.21. The van der Waals surface area contributed by atoms with Crippen LogP contribution in [0, 0.1) is 13.8 Å². The van der Waals surface area contributed by atoms with Crippen molar-refractivity contribution in [3.8, 4) is 0 Å². The van der Waals surface area contributed by atoms with Gasteiger partial charge in [0.25, 0.3) is 0 Å². The van der Waals surface area contributed by atoms with Crippen LogP contribution in [0.2, 0.25) is 0 Å². The standard InChI is InChI=1S/C21H29N5OS/c1-4-22-21(24-14-19-25-15(2)16(3)28-19)23-13-17-8-10-18(11-9-17)26-12-6-5-7-20(26)27/h8-11H,4-7,12-14H2,1-3H3,(H2,22,23,24). The van der Waals surface area contributed by atoms with Gasteiger partial charge in [0.05, 0.1) is 18.8 Å². The lowest BCUT2D eigenvalue weighted by Crippen LogP contribution is -2.36. The lowest BCUT2D eigenvalue weighted by Gasteiger charge is -2.26. The Labute approximate surface area is 171 Å². The molecule has 28 heavy (non-hydrogen) atoms. The van der Waals surface area contributed by atoms with Gasteiger partial charge in [0.2, 0.25) is 5.91 Å². The summed E-state index contributed by atoms with van der Waals surface area (Å²) in [7, 11) is 0. The number of hydrogen-bond donors (Lipinski definition) is 2. The maximum absolute atomic E-state index is 12.1. The van der Waals surface area contributed by atoms with Gasteiger partial charge < -0.3 is 15.5 Å². The molecular formula is C21H29N5OS. The van der Waals surface area contributed by atoms with Gasteiger partial charge in [0.1, 0.15) is 5.01 Å². The van der Waals surface area contributed by atoms with Crippen LogP contribution in [0.4, 0.5) is 5.69 Å². The number of thiazole rings is 1. The van der Waals surface area contributed by atoms with Crippen LogP contribution in [-0.2, 0) is 17.9 Å². The Balaban J connectivity index is 1.59. The molecule has 6 nitrogen and oxygen atoms in total. The van der Waals surface area contributed by atoms with Crippen LogP contribution in [0.25, 0.3) is 0 Å². The fourth-order valence-electron chi connectivity index (χ4n) is 3.15. The molecule has 3 rings (SSSR count). The molecule has 1 saturated heterocycles. The third-order valence-electron chi connectivity index (χ3n) is 4.82. The van der Waals surface area contributed by atoms with Crippen molar-refractivity contribution in [3.05, 3.63) is 45.4 Å². The van der Waals surface area contributed by atoms with Crippen molar-refractivity contribution in [3.63, 3.8) is 0 Å². The molecule has 0 radical (unpaired) electrons. The summed E-state index contributed by atoms with van der Waals surface area (Å²) in [5, 5.41) is 7.69. The zero-order chi connectivity index (χ0) is 19.9. The topological polar surface area (TPSA) is 69.6 Å². The van der Waals surface area contributed by atoms with Gasteiger partial charge >= 0.3 is 0 Å². The predicted molar refractivity (Wildman–Crippen MR) is 116 cm³/mol. The molecule has 7 heteroatoms. The first kappa shape index (κ1) is 20.3. The first-order valence-corrected chi connectivity index (χ1v) is 10.7. The van der Waals surface area contributed by atoms with E-state index in [1.54, 1.807) is 11.3 Å². The molecular weight excluding hydrogens is 370 g/mol. The van der Waals surface area contributed by atoms with E-state index in [1.807, 2.05) is 24.0 Å². The number of aromatic nitrogens is 1. The predicted octanol–water partition coefficient (Wildman–Crippen LogP) is 3.53. The molecule has 0 saturated carbocycles. The number of nitrogens with zero attached hydrogens (tertiary/aromatic N) is 3. The van der Waals surface area contributed by atoms with Crippen LogP contribution in [-0.4, -0.2) is 29.9 Å². The van der Waals surface area contributed by atoms with Crippen molar-refractivity contribution in [1.82, 2.24) is 15.6 Å². The molecule has 0 aliphatic carbocycles. The summed E-state index contributed by atoms with van der Waals surface area (Å²) in [5.74, 6) is 1.01. The maximum atomic E-state index is 12.1. The minimum Gasteiger partial charge on any atom is -0.357 e. The summed E-state index contributed by atoms with van der Waals surface area (Å²) < 4.78 is 0. The van der Waals surface area contributed by atoms with Gasteiger partial charge in [-0.05, 0) is 51.3 Å². The van der Waals surface area contributed by atoms with Gasteiger partial charge in [-0.1, -0.05) is 12.1 Å².